The van der Waals surface area contributed by atoms with E-state index in [0.717, 1.165) is 26.6 Å². The molecule has 1 aromatic carbocycles. The Morgan fingerprint density at radius 3 is 2.94 bits per heavy atom. The Labute approximate surface area is 102 Å². The molecule has 0 spiro atoms. The second-order valence-corrected chi connectivity index (χ2v) is 4.59. The van der Waals surface area contributed by atoms with Gasteiger partial charge in [0.2, 0.25) is 0 Å². The minimum atomic E-state index is -0.228. The summed E-state index contributed by atoms with van der Waals surface area (Å²) < 4.78 is 5.69. The van der Waals surface area contributed by atoms with Gasteiger partial charge in [0.25, 0.3) is 0 Å². The number of benzene rings is 1. The predicted molar refractivity (Wildman–Crippen MR) is 66.5 cm³/mol. The number of carbonyl (C=O) groups excluding carboxylic acids is 1. The second-order valence-electron chi connectivity index (χ2n) is 3.67. The number of aromatic nitrogens is 1. The maximum absolute atomic E-state index is 11.2. The molecule has 0 saturated carbocycles. The minimum Gasteiger partial charge on any atom is -0.469 e. The van der Waals surface area contributed by atoms with Crippen LogP contribution in [0.25, 0.3) is 10.9 Å². The lowest BCUT2D eigenvalue weighted by Crippen LogP contribution is -2.05. The van der Waals surface area contributed by atoms with Crippen LogP contribution in [0.1, 0.15) is 11.3 Å². The lowest BCUT2D eigenvalue weighted by Gasteiger charge is -1.98. The summed E-state index contributed by atoms with van der Waals surface area (Å²) in [5.74, 6) is -0.228. The van der Waals surface area contributed by atoms with E-state index in [1.807, 2.05) is 25.1 Å². The number of esters is 1. The summed E-state index contributed by atoms with van der Waals surface area (Å²) in [4.78, 5) is 14.5. The number of fused-ring (bicyclic) bond motifs is 1. The Hall–Kier alpha value is -1.29. The third kappa shape index (κ3) is 1.97. The van der Waals surface area contributed by atoms with Crippen molar-refractivity contribution in [2.75, 3.05) is 7.11 Å². The summed E-state index contributed by atoms with van der Waals surface area (Å²) in [6.07, 6.45) is 0.286. The maximum atomic E-state index is 11.2. The summed E-state index contributed by atoms with van der Waals surface area (Å²) in [6, 6.07) is 6.01. The van der Waals surface area contributed by atoms with Gasteiger partial charge in [0.15, 0.2) is 0 Å². The van der Waals surface area contributed by atoms with Crippen LogP contribution in [0, 0.1) is 6.92 Å². The van der Waals surface area contributed by atoms with Crippen LogP contribution in [0.15, 0.2) is 22.7 Å². The molecular weight excluding hydrogens is 270 g/mol. The third-order valence-electron chi connectivity index (χ3n) is 2.67. The van der Waals surface area contributed by atoms with Crippen molar-refractivity contribution in [2.45, 2.75) is 13.3 Å². The molecule has 1 heterocycles. The fourth-order valence-corrected chi connectivity index (χ4v) is 2.11. The zero-order chi connectivity index (χ0) is 11.7. The van der Waals surface area contributed by atoms with Crippen LogP contribution in [-0.4, -0.2) is 18.1 Å². The molecule has 2 rings (SSSR count). The van der Waals surface area contributed by atoms with Crippen molar-refractivity contribution in [1.82, 2.24) is 4.98 Å². The molecule has 0 aliphatic rings. The number of hydrogen-bond donors (Lipinski definition) is 1. The highest BCUT2D eigenvalue weighted by Gasteiger charge is 2.11. The van der Waals surface area contributed by atoms with Crippen LogP contribution in [0.5, 0.6) is 0 Å². The van der Waals surface area contributed by atoms with Gasteiger partial charge < -0.3 is 9.72 Å². The highest BCUT2D eigenvalue weighted by Crippen LogP contribution is 2.25. The van der Waals surface area contributed by atoms with Crippen LogP contribution >= 0.6 is 15.9 Å². The first kappa shape index (κ1) is 11.2. The van der Waals surface area contributed by atoms with Gasteiger partial charge in [-0.15, -0.1) is 0 Å². The number of H-pyrrole nitrogens is 1. The Kier molecular flexibility index (Phi) is 3.01. The Bertz CT molecular complexity index is 545. The molecule has 0 atom stereocenters. The van der Waals surface area contributed by atoms with Crippen molar-refractivity contribution in [3.8, 4) is 0 Å². The molecule has 0 radical (unpaired) electrons. The number of aryl methyl sites for hydroxylation is 1. The number of hydrogen-bond acceptors (Lipinski definition) is 2. The summed E-state index contributed by atoms with van der Waals surface area (Å²) in [6.45, 7) is 2.00. The molecule has 84 valence electrons. The first-order valence-corrected chi connectivity index (χ1v) is 5.74. The average molecular weight is 282 g/mol. The molecule has 16 heavy (non-hydrogen) atoms. The van der Waals surface area contributed by atoms with E-state index in [1.165, 1.54) is 7.11 Å². The predicted octanol–water partition coefficient (Wildman–Crippen LogP) is 2.95. The van der Waals surface area contributed by atoms with Crippen molar-refractivity contribution in [1.29, 1.82) is 0 Å². The topological polar surface area (TPSA) is 42.1 Å². The van der Waals surface area contributed by atoms with E-state index >= 15 is 0 Å². The standard InChI is InChI=1S/C12H12BrNO2/c1-7-9-5-8(13)3-4-10(9)14-11(7)6-12(15)16-2/h3-5,14H,6H2,1-2H3. The number of methoxy groups -OCH3 is 1. The van der Waals surface area contributed by atoms with Gasteiger partial charge in [-0.3, -0.25) is 4.79 Å². The van der Waals surface area contributed by atoms with Gasteiger partial charge in [-0.2, -0.15) is 0 Å². The maximum Gasteiger partial charge on any atom is 0.311 e. The van der Waals surface area contributed by atoms with Crippen LogP contribution in [-0.2, 0) is 16.0 Å². The average Bonchev–Trinajstić information content (AvgIpc) is 2.56. The van der Waals surface area contributed by atoms with E-state index in [1.54, 1.807) is 0 Å². The monoisotopic (exact) mass is 281 g/mol. The summed E-state index contributed by atoms with van der Waals surface area (Å²) >= 11 is 3.43. The van der Waals surface area contributed by atoms with Crippen LogP contribution < -0.4 is 0 Å². The first-order valence-electron chi connectivity index (χ1n) is 4.95. The van der Waals surface area contributed by atoms with E-state index in [9.17, 15) is 4.79 Å². The Morgan fingerprint density at radius 2 is 2.25 bits per heavy atom. The molecule has 0 bridgehead atoms. The van der Waals surface area contributed by atoms with E-state index in [2.05, 4.69) is 25.7 Å². The normalized spacial score (nSPS) is 10.7. The van der Waals surface area contributed by atoms with E-state index in [4.69, 9.17) is 0 Å². The molecule has 4 heteroatoms. The molecule has 0 fully saturated rings. The Balaban J connectivity index is 2.48. The van der Waals surface area contributed by atoms with Gasteiger partial charge in [-0.25, -0.2) is 0 Å². The number of nitrogens with one attached hydrogen (secondary N) is 1. The molecule has 3 nitrogen and oxygen atoms in total. The van der Waals surface area contributed by atoms with Gasteiger partial charge in [-0.05, 0) is 30.7 Å². The van der Waals surface area contributed by atoms with Gasteiger partial charge >= 0.3 is 5.97 Å². The number of ether oxygens (including phenoxy) is 1. The largest absolute Gasteiger partial charge is 0.469 e. The van der Waals surface area contributed by atoms with Gasteiger partial charge in [-0.1, -0.05) is 15.9 Å². The fraction of sp³-hybridized carbons (Fsp3) is 0.250. The van der Waals surface area contributed by atoms with Crippen molar-refractivity contribution in [3.63, 3.8) is 0 Å². The molecule has 0 unspecified atom stereocenters. The highest BCUT2D eigenvalue weighted by molar-refractivity contribution is 9.10. The van der Waals surface area contributed by atoms with Crippen LogP contribution in [0.3, 0.4) is 0 Å². The number of aromatic amines is 1. The number of halogens is 1. The molecule has 1 N–H and O–H groups in total. The zero-order valence-corrected chi connectivity index (χ0v) is 10.7. The minimum absolute atomic E-state index is 0.228. The Morgan fingerprint density at radius 1 is 1.50 bits per heavy atom. The molecule has 1 aromatic heterocycles. The van der Waals surface area contributed by atoms with E-state index < -0.39 is 0 Å². The number of rotatable bonds is 2. The van der Waals surface area contributed by atoms with Crippen LogP contribution in [0.4, 0.5) is 0 Å². The van der Waals surface area contributed by atoms with Gasteiger partial charge in [0.05, 0.1) is 13.5 Å². The van der Waals surface area contributed by atoms with E-state index in [-0.39, 0.29) is 12.4 Å². The van der Waals surface area contributed by atoms with Crippen molar-refractivity contribution in [3.05, 3.63) is 33.9 Å². The second kappa shape index (κ2) is 4.29. The van der Waals surface area contributed by atoms with Gasteiger partial charge in [0, 0.05) is 21.1 Å². The molecule has 0 aliphatic carbocycles. The molecule has 0 amide bonds. The van der Waals surface area contributed by atoms with Crippen LogP contribution in [0.2, 0.25) is 0 Å². The molecular formula is C12H12BrNO2. The van der Waals surface area contributed by atoms with Crippen molar-refractivity contribution < 1.29 is 9.53 Å². The lowest BCUT2D eigenvalue weighted by molar-refractivity contribution is -0.139. The molecule has 2 aromatic rings. The molecule has 0 aliphatic heterocycles. The summed E-state index contributed by atoms with van der Waals surface area (Å²) in [5, 5.41) is 1.13. The lowest BCUT2D eigenvalue weighted by atomic mass is 10.1. The summed E-state index contributed by atoms with van der Waals surface area (Å²) in [5.41, 5.74) is 3.06. The quantitative estimate of drug-likeness (QED) is 0.860. The third-order valence-corrected chi connectivity index (χ3v) is 3.17. The molecule has 0 saturated heterocycles. The van der Waals surface area contributed by atoms with Crippen molar-refractivity contribution >= 4 is 32.8 Å². The number of carbonyl (C=O) groups is 1. The zero-order valence-electron chi connectivity index (χ0n) is 9.13. The summed E-state index contributed by atoms with van der Waals surface area (Å²) in [7, 11) is 1.40. The first-order chi connectivity index (χ1) is 7.61. The van der Waals surface area contributed by atoms with Crippen molar-refractivity contribution in [2.24, 2.45) is 0 Å². The highest BCUT2D eigenvalue weighted by atomic mass is 79.9. The SMILES string of the molecule is COC(=O)Cc1[nH]c2ccc(Br)cc2c1C. The smallest absolute Gasteiger partial charge is 0.311 e. The van der Waals surface area contributed by atoms with E-state index in [0.29, 0.717) is 0 Å². The van der Waals surface area contributed by atoms with Gasteiger partial charge in [0.1, 0.15) is 0 Å². The fourth-order valence-electron chi connectivity index (χ4n) is 1.75.